The number of halogens is 3. The highest BCUT2D eigenvalue weighted by Crippen LogP contribution is 2.31. The van der Waals surface area contributed by atoms with Crippen molar-refractivity contribution in [3.8, 4) is 0 Å². The van der Waals surface area contributed by atoms with Crippen LogP contribution in [0.2, 0.25) is 0 Å². The molecule has 1 aliphatic heterocycles. The van der Waals surface area contributed by atoms with Crippen molar-refractivity contribution in [1.29, 1.82) is 0 Å². The van der Waals surface area contributed by atoms with Gasteiger partial charge >= 0.3 is 6.18 Å². The molecule has 8 heteroatoms. The van der Waals surface area contributed by atoms with Gasteiger partial charge < -0.3 is 16.0 Å². The van der Waals surface area contributed by atoms with Gasteiger partial charge in [-0.25, -0.2) is 0 Å². The first-order valence-electron chi connectivity index (χ1n) is 8.18. The van der Waals surface area contributed by atoms with Crippen LogP contribution in [-0.2, 0) is 11.0 Å². The van der Waals surface area contributed by atoms with Crippen LogP contribution in [0.3, 0.4) is 0 Å². The highest BCUT2D eigenvalue weighted by atomic mass is 19.4. The van der Waals surface area contributed by atoms with Gasteiger partial charge in [0.1, 0.15) is 0 Å². The Hall–Kier alpha value is -2.09. The lowest BCUT2D eigenvalue weighted by Gasteiger charge is -2.34. The molecule has 0 saturated carbocycles. The Bertz CT molecular complexity index is 632. The quantitative estimate of drug-likeness (QED) is 0.866. The molecule has 2 rings (SSSR count). The number of carbonyl (C=O) groups is 2. The number of hydrogen-bond acceptors (Lipinski definition) is 3. The SMILES string of the molecule is CC(N)C1CCCN(C(=O)CNC(=O)c2ccccc2C(F)(F)F)C1. The Balaban J connectivity index is 1.97. The molecule has 0 bridgehead atoms. The lowest BCUT2D eigenvalue weighted by Crippen LogP contribution is -2.48. The Morgan fingerprint density at radius 3 is 2.68 bits per heavy atom. The predicted octanol–water partition coefficient (Wildman–Crippen LogP) is 2.02. The number of hydrogen-bond donors (Lipinski definition) is 2. The molecule has 2 atom stereocenters. The van der Waals surface area contributed by atoms with E-state index in [4.69, 9.17) is 5.73 Å². The second-order valence-corrected chi connectivity index (χ2v) is 6.33. The van der Waals surface area contributed by atoms with E-state index in [9.17, 15) is 22.8 Å². The van der Waals surface area contributed by atoms with E-state index < -0.39 is 23.2 Å². The Kier molecular flexibility index (Phi) is 6.05. The van der Waals surface area contributed by atoms with E-state index in [1.165, 1.54) is 12.1 Å². The average molecular weight is 357 g/mol. The average Bonchev–Trinajstić information content (AvgIpc) is 2.58. The first kappa shape index (κ1) is 19.2. The molecule has 0 aliphatic carbocycles. The molecular formula is C17H22F3N3O2. The number of rotatable bonds is 4. The van der Waals surface area contributed by atoms with Crippen molar-refractivity contribution in [2.24, 2.45) is 11.7 Å². The van der Waals surface area contributed by atoms with E-state index >= 15 is 0 Å². The van der Waals surface area contributed by atoms with E-state index in [0.29, 0.717) is 13.1 Å². The Morgan fingerprint density at radius 1 is 1.36 bits per heavy atom. The van der Waals surface area contributed by atoms with Crippen LogP contribution in [0.15, 0.2) is 24.3 Å². The number of piperidine rings is 1. The molecule has 25 heavy (non-hydrogen) atoms. The van der Waals surface area contributed by atoms with Gasteiger partial charge in [0.2, 0.25) is 5.91 Å². The molecule has 5 nitrogen and oxygen atoms in total. The van der Waals surface area contributed by atoms with Gasteiger partial charge in [0.25, 0.3) is 5.91 Å². The Morgan fingerprint density at radius 2 is 2.04 bits per heavy atom. The largest absolute Gasteiger partial charge is 0.417 e. The van der Waals surface area contributed by atoms with Crippen LogP contribution < -0.4 is 11.1 Å². The van der Waals surface area contributed by atoms with Crippen molar-refractivity contribution in [3.63, 3.8) is 0 Å². The topological polar surface area (TPSA) is 75.4 Å². The van der Waals surface area contributed by atoms with E-state index in [2.05, 4.69) is 5.32 Å². The fourth-order valence-corrected chi connectivity index (χ4v) is 2.96. The zero-order valence-corrected chi connectivity index (χ0v) is 14.0. The zero-order chi connectivity index (χ0) is 18.6. The van der Waals surface area contributed by atoms with E-state index in [-0.39, 0.29) is 24.4 Å². The summed E-state index contributed by atoms with van der Waals surface area (Å²) in [7, 11) is 0. The predicted molar refractivity (Wildman–Crippen MR) is 86.7 cm³/mol. The number of nitrogens with zero attached hydrogens (tertiary/aromatic N) is 1. The minimum absolute atomic E-state index is 0.0381. The lowest BCUT2D eigenvalue weighted by molar-refractivity contribution is -0.137. The van der Waals surface area contributed by atoms with E-state index in [0.717, 1.165) is 25.0 Å². The maximum atomic E-state index is 13.0. The van der Waals surface area contributed by atoms with E-state index in [1.54, 1.807) is 4.90 Å². The monoisotopic (exact) mass is 357 g/mol. The summed E-state index contributed by atoms with van der Waals surface area (Å²) in [6, 6.07) is 4.46. The van der Waals surface area contributed by atoms with Crippen LogP contribution in [0.25, 0.3) is 0 Å². The van der Waals surface area contributed by atoms with Crippen molar-refractivity contribution in [3.05, 3.63) is 35.4 Å². The lowest BCUT2D eigenvalue weighted by atomic mass is 9.92. The highest BCUT2D eigenvalue weighted by molar-refractivity contribution is 5.97. The number of likely N-dealkylation sites (tertiary alicyclic amines) is 1. The van der Waals surface area contributed by atoms with Gasteiger partial charge in [-0.05, 0) is 37.8 Å². The van der Waals surface area contributed by atoms with Crippen LogP contribution in [0.5, 0.6) is 0 Å². The standard InChI is InChI=1S/C17H22F3N3O2/c1-11(21)12-5-4-8-23(10-12)15(24)9-22-16(25)13-6-2-3-7-14(13)17(18,19)20/h2-3,6-7,11-12H,4-5,8-10,21H2,1H3,(H,22,25). The van der Waals surface area contributed by atoms with Crippen LogP contribution in [0, 0.1) is 5.92 Å². The first-order valence-corrected chi connectivity index (χ1v) is 8.18. The van der Waals surface area contributed by atoms with Crippen LogP contribution >= 0.6 is 0 Å². The summed E-state index contributed by atoms with van der Waals surface area (Å²) in [4.78, 5) is 25.9. The highest BCUT2D eigenvalue weighted by Gasteiger charge is 2.35. The number of amides is 2. The molecule has 0 aromatic heterocycles. The summed E-state index contributed by atoms with van der Waals surface area (Å²) in [6.07, 6.45) is -2.87. The summed E-state index contributed by atoms with van der Waals surface area (Å²) < 4.78 is 38.9. The van der Waals surface area contributed by atoms with Crippen molar-refractivity contribution < 1.29 is 22.8 Å². The molecule has 1 saturated heterocycles. The molecular weight excluding hydrogens is 335 g/mol. The summed E-state index contributed by atoms with van der Waals surface area (Å²) >= 11 is 0. The summed E-state index contributed by atoms with van der Waals surface area (Å²) in [5.74, 6) is -1.04. The summed E-state index contributed by atoms with van der Waals surface area (Å²) in [6.45, 7) is 2.62. The van der Waals surface area contributed by atoms with Crippen LogP contribution in [0.1, 0.15) is 35.7 Å². The molecule has 2 amide bonds. The molecule has 0 radical (unpaired) electrons. The van der Waals surface area contributed by atoms with Gasteiger partial charge in [0.15, 0.2) is 0 Å². The maximum absolute atomic E-state index is 13.0. The summed E-state index contributed by atoms with van der Waals surface area (Å²) in [5, 5.41) is 2.29. The third-order valence-corrected chi connectivity index (χ3v) is 4.43. The number of alkyl halides is 3. The van der Waals surface area contributed by atoms with Gasteiger partial charge in [-0.1, -0.05) is 12.1 Å². The summed E-state index contributed by atoms with van der Waals surface area (Å²) in [5.41, 5.74) is 4.36. The first-order chi connectivity index (χ1) is 11.7. The second kappa shape index (κ2) is 7.86. The molecule has 3 N–H and O–H groups in total. The normalized spacial score (nSPS) is 19.4. The van der Waals surface area contributed by atoms with Gasteiger partial charge in [0, 0.05) is 19.1 Å². The second-order valence-electron chi connectivity index (χ2n) is 6.33. The van der Waals surface area contributed by atoms with E-state index in [1.807, 2.05) is 6.92 Å². The third kappa shape index (κ3) is 4.94. The molecule has 138 valence electrons. The Labute approximate surface area is 144 Å². The number of carbonyl (C=O) groups excluding carboxylic acids is 2. The van der Waals surface area contributed by atoms with Gasteiger partial charge in [0.05, 0.1) is 17.7 Å². The smallest absolute Gasteiger partial charge is 0.343 e. The van der Waals surface area contributed by atoms with Crippen molar-refractivity contribution in [2.75, 3.05) is 19.6 Å². The van der Waals surface area contributed by atoms with Gasteiger partial charge in [-0.2, -0.15) is 13.2 Å². The zero-order valence-electron chi connectivity index (χ0n) is 14.0. The molecule has 1 aromatic rings. The molecule has 1 fully saturated rings. The molecule has 2 unspecified atom stereocenters. The molecule has 0 spiro atoms. The minimum Gasteiger partial charge on any atom is -0.343 e. The van der Waals surface area contributed by atoms with Crippen molar-refractivity contribution in [2.45, 2.75) is 32.0 Å². The number of nitrogens with one attached hydrogen (secondary N) is 1. The molecule has 1 aliphatic rings. The molecule has 1 heterocycles. The maximum Gasteiger partial charge on any atom is 0.417 e. The minimum atomic E-state index is -4.63. The fourth-order valence-electron chi connectivity index (χ4n) is 2.96. The molecule has 1 aromatic carbocycles. The van der Waals surface area contributed by atoms with Gasteiger partial charge in [-0.15, -0.1) is 0 Å². The fraction of sp³-hybridized carbons (Fsp3) is 0.529. The van der Waals surface area contributed by atoms with Crippen molar-refractivity contribution >= 4 is 11.8 Å². The van der Waals surface area contributed by atoms with Crippen molar-refractivity contribution in [1.82, 2.24) is 10.2 Å². The third-order valence-electron chi connectivity index (χ3n) is 4.43. The van der Waals surface area contributed by atoms with Gasteiger partial charge in [-0.3, -0.25) is 9.59 Å². The van der Waals surface area contributed by atoms with Crippen LogP contribution in [0.4, 0.5) is 13.2 Å². The number of nitrogens with two attached hydrogens (primary N) is 1. The van der Waals surface area contributed by atoms with Crippen LogP contribution in [-0.4, -0.2) is 42.4 Å². The number of benzene rings is 1.